The van der Waals surface area contributed by atoms with Gasteiger partial charge < -0.3 is 28.6 Å². The van der Waals surface area contributed by atoms with Gasteiger partial charge in [0.25, 0.3) is 5.91 Å². The molecule has 9 heteroatoms. The maximum atomic E-state index is 13.8. The number of ether oxygens (including phenoxy) is 3. The minimum Gasteiger partial charge on any atom is -0.503 e. The first-order chi connectivity index (χ1) is 16.9. The number of aliphatic hydroxyl groups is 1. The number of halogens is 1. The van der Waals surface area contributed by atoms with Gasteiger partial charge in [-0.1, -0.05) is 29.8 Å². The molecule has 0 bridgehead atoms. The molecular formula is C26H24ClNO7. The Labute approximate surface area is 206 Å². The van der Waals surface area contributed by atoms with Gasteiger partial charge >= 0.3 is 0 Å². The van der Waals surface area contributed by atoms with Crippen LogP contribution < -0.4 is 9.47 Å². The fourth-order valence-electron chi connectivity index (χ4n) is 4.78. The molecule has 2 atom stereocenters. The van der Waals surface area contributed by atoms with Crippen LogP contribution in [0.2, 0.25) is 5.02 Å². The summed E-state index contributed by atoms with van der Waals surface area (Å²) >= 11 is 6.16. The van der Waals surface area contributed by atoms with Crippen LogP contribution >= 0.6 is 11.6 Å². The zero-order valence-corrected chi connectivity index (χ0v) is 20.0. The standard InChI is InChI=1S/C26H24ClNO7/c1-32-18-8-4-3-7-17(18)22-21(24(30)26(31)28(22)13-16-6-5-9-34-16)23(29)19-11-14-10-15(27)12-20(33-2)25(14)35-19/h3-4,7-8,10-12,16,22,30H,5-6,9,13H2,1-2H3. The highest BCUT2D eigenvalue weighted by Crippen LogP contribution is 2.43. The first-order valence-electron chi connectivity index (χ1n) is 11.2. The second-order valence-corrected chi connectivity index (χ2v) is 8.90. The molecule has 0 saturated carbocycles. The smallest absolute Gasteiger partial charge is 0.290 e. The Bertz CT molecular complexity index is 1340. The molecule has 5 rings (SSSR count). The van der Waals surface area contributed by atoms with Crippen LogP contribution in [0.5, 0.6) is 11.5 Å². The highest BCUT2D eigenvalue weighted by atomic mass is 35.5. The summed E-state index contributed by atoms with van der Waals surface area (Å²) in [6.07, 6.45) is 1.49. The summed E-state index contributed by atoms with van der Waals surface area (Å²) in [5.74, 6) is -1.06. The van der Waals surface area contributed by atoms with E-state index in [0.29, 0.717) is 39.7 Å². The Hall–Kier alpha value is -3.49. The van der Waals surface area contributed by atoms with Crippen molar-refractivity contribution in [3.05, 3.63) is 70.1 Å². The van der Waals surface area contributed by atoms with Crippen molar-refractivity contribution < 1.29 is 33.3 Å². The lowest BCUT2D eigenvalue weighted by molar-refractivity contribution is -0.131. The van der Waals surface area contributed by atoms with E-state index in [0.717, 1.165) is 12.8 Å². The van der Waals surface area contributed by atoms with Crippen LogP contribution in [0.4, 0.5) is 0 Å². The van der Waals surface area contributed by atoms with Gasteiger partial charge in [0.05, 0.1) is 31.9 Å². The summed E-state index contributed by atoms with van der Waals surface area (Å²) < 4.78 is 22.5. The van der Waals surface area contributed by atoms with Crippen LogP contribution in [0.3, 0.4) is 0 Å². The van der Waals surface area contributed by atoms with E-state index in [-0.39, 0.29) is 24.0 Å². The molecule has 1 aromatic heterocycles. The van der Waals surface area contributed by atoms with Crippen LogP contribution in [0.15, 0.2) is 58.2 Å². The fraction of sp³-hybridized carbons (Fsp3) is 0.308. The molecule has 1 N–H and O–H groups in total. The number of benzene rings is 2. The number of amides is 1. The number of carbonyl (C=O) groups is 2. The second-order valence-electron chi connectivity index (χ2n) is 8.47. The molecule has 2 aliphatic heterocycles. The highest BCUT2D eigenvalue weighted by molar-refractivity contribution is 6.31. The van der Waals surface area contributed by atoms with Gasteiger partial charge in [-0.05, 0) is 31.0 Å². The molecule has 182 valence electrons. The number of para-hydroxylation sites is 1. The topological polar surface area (TPSA) is 98.4 Å². The van der Waals surface area contributed by atoms with Gasteiger partial charge in [0.15, 0.2) is 22.9 Å². The summed E-state index contributed by atoms with van der Waals surface area (Å²) in [6, 6.07) is 11.0. The Balaban J connectivity index is 1.61. The molecule has 1 fully saturated rings. The fourth-order valence-corrected chi connectivity index (χ4v) is 5.00. The van der Waals surface area contributed by atoms with Crippen molar-refractivity contribution in [3.63, 3.8) is 0 Å². The lowest BCUT2D eigenvalue weighted by Crippen LogP contribution is -2.37. The number of nitrogens with zero attached hydrogens (tertiary/aromatic N) is 1. The third kappa shape index (κ3) is 4.02. The van der Waals surface area contributed by atoms with E-state index in [2.05, 4.69) is 0 Å². The number of fused-ring (bicyclic) bond motifs is 1. The van der Waals surface area contributed by atoms with Crippen LogP contribution in [0, 0.1) is 0 Å². The molecule has 3 heterocycles. The number of Topliss-reactive ketones (excluding diaryl/α,β-unsaturated/α-hetero) is 1. The molecule has 2 aromatic carbocycles. The van der Waals surface area contributed by atoms with Gasteiger partial charge in [-0.15, -0.1) is 0 Å². The van der Waals surface area contributed by atoms with Crippen LogP contribution in [0.25, 0.3) is 11.0 Å². The molecule has 2 aliphatic rings. The van der Waals surface area contributed by atoms with E-state index in [1.165, 1.54) is 25.2 Å². The van der Waals surface area contributed by atoms with Crippen molar-refractivity contribution in [2.24, 2.45) is 0 Å². The SMILES string of the molecule is COc1ccccc1C1C(C(=O)c2cc3cc(Cl)cc(OC)c3o2)=C(O)C(=O)N1CC1CCCO1. The van der Waals surface area contributed by atoms with Crippen LogP contribution in [-0.2, 0) is 9.53 Å². The summed E-state index contributed by atoms with van der Waals surface area (Å²) in [7, 11) is 2.99. The Kier molecular flexibility index (Phi) is 6.17. The van der Waals surface area contributed by atoms with Crippen molar-refractivity contribution in [2.75, 3.05) is 27.4 Å². The average Bonchev–Trinajstić information content (AvgIpc) is 3.58. The van der Waals surface area contributed by atoms with E-state index < -0.39 is 23.5 Å². The summed E-state index contributed by atoms with van der Waals surface area (Å²) in [4.78, 5) is 28.5. The third-order valence-electron chi connectivity index (χ3n) is 6.40. The van der Waals surface area contributed by atoms with Gasteiger partial charge in [0.2, 0.25) is 5.78 Å². The number of furan rings is 1. The van der Waals surface area contributed by atoms with Crippen molar-refractivity contribution in [1.82, 2.24) is 4.90 Å². The quantitative estimate of drug-likeness (QED) is 0.465. The number of aliphatic hydroxyl groups excluding tert-OH is 1. The molecule has 8 nitrogen and oxygen atoms in total. The van der Waals surface area contributed by atoms with Gasteiger partial charge in [0, 0.05) is 35.2 Å². The van der Waals surface area contributed by atoms with Gasteiger partial charge in [-0.25, -0.2) is 0 Å². The zero-order valence-electron chi connectivity index (χ0n) is 19.2. The molecule has 0 radical (unpaired) electrons. The van der Waals surface area contributed by atoms with E-state index in [9.17, 15) is 14.7 Å². The predicted octanol–water partition coefficient (Wildman–Crippen LogP) is 4.86. The first kappa shape index (κ1) is 23.3. The van der Waals surface area contributed by atoms with Gasteiger partial charge in [-0.3, -0.25) is 9.59 Å². The minimum atomic E-state index is -0.881. The number of methoxy groups -OCH3 is 2. The molecular weight excluding hydrogens is 474 g/mol. The molecule has 1 amide bonds. The Morgan fingerprint density at radius 2 is 1.94 bits per heavy atom. The van der Waals surface area contributed by atoms with Crippen LogP contribution in [-0.4, -0.2) is 55.2 Å². The van der Waals surface area contributed by atoms with Crippen molar-refractivity contribution in [2.45, 2.75) is 25.0 Å². The Morgan fingerprint density at radius 3 is 2.66 bits per heavy atom. The van der Waals surface area contributed by atoms with Gasteiger partial charge in [0.1, 0.15) is 5.75 Å². The van der Waals surface area contributed by atoms with Gasteiger partial charge in [-0.2, -0.15) is 0 Å². The molecule has 0 spiro atoms. The average molecular weight is 498 g/mol. The largest absolute Gasteiger partial charge is 0.503 e. The summed E-state index contributed by atoms with van der Waals surface area (Å²) in [5.41, 5.74) is 0.835. The molecule has 0 aliphatic carbocycles. The first-order valence-corrected chi connectivity index (χ1v) is 11.6. The number of ketones is 1. The molecule has 3 aromatic rings. The lowest BCUT2D eigenvalue weighted by atomic mass is 9.94. The van der Waals surface area contributed by atoms with E-state index in [4.69, 9.17) is 30.2 Å². The second kappa shape index (κ2) is 9.28. The zero-order chi connectivity index (χ0) is 24.7. The maximum absolute atomic E-state index is 13.8. The third-order valence-corrected chi connectivity index (χ3v) is 6.62. The Morgan fingerprint density at radius 1 is 1.17 bits per heavy atom. The van der Waals surface area contributed by atoms with E-state index in [1.54, 1.807) is 36.4 Å². The summed E-state index contributed by atoms with van der Waals surface area (Å²) in [6.45, 7) is 0.840. The van der Waals surface area contributed by atoms with Crippen molar-refractivity contribution >= 4 is 34.3 Å². The van der Waals surface area contributed by atoms with E-state index >= 15 is 0 Å². The lowest BCUT2D eigenvalue weighted by Gasteiger charge is -2.29. The maximum Gasteiger partial charge on any atom is 0.290 e. The normalized spacial score (nSPS) is 20.2. The number of hydrogen-bond acceptors (Lipinski definition) is 7. The molecule has 2 unspecified atom stereocenters. The predicted molar refractivity (Wildman–Crippen MR) is 128 cm³/mol. The summed E-state index contributed by atoms with van der Waals surface area (Å²) in [5, 5.41) is 11.9. The van der Waals surface area contributed by atoms with Crippen LogP contribution in [0.1, 0.15) is 35.0 Å². The number of hydrogen-bond donors (Lipinski definition) is 1. The van der Waals surface area contributed by atoms with Crippen molar-refractivity contribution in [1.29, 1.82) is 0 Å². The number of rotatable bonds is 7. The molecule has 35 heavy (non-hydrogen) atoms. The highest BCUT2D eigenvalue weighted by Gasteiger charge is 2.46. The number of carbonyl (C=O) groups excluding carboxylic acids is 2. The minimum absolute atomic E-state index is 0.0474. The monoisotopic (exact) mass is 497 g/mol. The van der Waals surface area contributed by atoms with Crippen molar-refractivity contribution in [3.8, 4) is 11.5 Å². The van der Waals surface area contributed by atoms with E-state index in [1.807, 2.05) is 0 Å². The molecule has 1 saturated heterocycles.